The van der Waals surface area contributed by atoms with E-state index in [0.717, 1.165) is 16.9 Å². The molecule has 4 rings (SSSR count). The lowest BCUT2D eigenvalue weighted by molar-refractivity contribution is 1.14. The first-order chi connectivity index (χ1) is 13.1. The minimum absolute atomic E-state index is 0.428. The molecule has 2 aromatic carbocycles. The van der Waals surface area contributed by atoms with E-state index in [1.165, 1.54) is 5.56 Å². The van der Waals surface area contributed by atoms with Crippen LogP contribution in [0.1, 0.15) is 11.1 Å². The number of hydrogen-bond acceptors (Lipinski definition) is 6. The van der Waals surface area contributed by atoms with Crippen LogP contribution in [0.2, 0.25) is 5.02 Å². The molecule has 2 N–H and O–H groups in total. The highest BCUT2D eigenvalue weighted by Crippen LogP contribution is 2.26. The van der Waals surface area contributed by atoms with E-state index >= 15 is 0 Å². The Kier molecular flexibility index (Phi) is 4.56. The molecule has 4 aromatic rings. The number of nitrogens with zero attached hydrogens (tertiary/aromatic N) is 4. The van der Waals surface area contributed by atoms with Gasteiger partial charge in [-0.25, -0.2) is 9.97 Å². The summed E-state index contributed by atoms with van der Waals surface area (Å²) in [5, 5.41) is 7.22. The minimum Gasteiger partial charge on any atom is -0.338 e. The first-order valence-corrected chi connectivity index (χ1v) is 8.82. The smallest absolute Gasteiger partial charge is 0.231 e. The lowest BCUT2D eigenvalue weighted by atomic mass is 10.1. The van der Waals surface area contributed by atoms with Gasteiger partial charge in [0.05, 0.1) is 0 Å². The van der Waals surface area contributed by atoms with Gasteiger partial charge in [0.15, 0.2) is 17.0 Å². The van der Waals surface area contributed by atoms with Crippen molar-refractivity contribution in [1.29, 1.82) is 0 Å². The standard InChI is InChI=1S/C20H17ClN6/c1-12-3-8-16(13(2)11-12)25-19-17-18(23-10-9-22-17)26-20(27-19)24-15-6-4-14(21)5-7-15/h3-11H,1-2H3,(H2,23,24,25,26,27). The molecule has 0 bridgehead atoms. The molecule has 134 valence electrons. The highest BCUT2D eigenvalue weighted by Gasteiger charge is 2.11. The molecular weight excluding hydrogens is 360 g/mol. The van der Waals surface area contributed by atoms with Gasteiger partial charge in [0, 0.05) is 28.8 Å². The van der Waals surface area contributed by atoms with Crippen LogP contribution in [-0.4, -0.2) is 19.9 Å². The lowest BCUT2D eigenvalue weighted by Gasteiger charge is -2.13. The van der Waals surface area contributed by atoms with Crippen LogP contribution in [0.15, 0.2) is 54.9 Å². The normalized spacial score (nSPS) is 10.8. The van der Waals surface area contributed by atoms with Gasteiger partial charge in [-0.3, -0.25) is 0 Å². The van der Waals surface area contributed by atoms with Crippen LogP contribution in [0.5, 0.6) is 0 Å². The Hall–Kier alpha value is -3.25. The van der Waals surface area contributed by atoms with Crippen molar-refractivity contribution in [3.05, 3.63) is 71.0 Å². The van der Waals surface area contributed by atoms with Gasteiger partial charge in [0.25, 0.3) is 0 Å². The Labute approximate surface area is 161 Å². The van der Waals surface area contributed by atoms with E-state index in [9.17, 15) is 0 Å². The first kappa shape index (κ1) is 17.2. The molecule has 0 spiro atoms. The highest BCUT2D eigenvalue weighted by atomic mass is 35.5. The number of anilines is 4. The van der Waals surface area contributed by atoms with E-state index < -0.39 is 0 Å². The fourth-order valence-corrected chi connectivity index (χ4v) is 2.88. The molecule has 0 aliphatic heterocycles. The fourth-order valence-electron chi connectivity index (χ4n) is 2.75. The predicted octanol–water partition coefficient (Wildman–Crippen LogP) is 5.18. The number of aryl methyl sites for hydroxylation is 2. The van der Waals surface area contributed by atoms with Crippen molar-refractivity contribution >= 4 is 45.9 Å². The van der Waals surface area contributed by atoms with E-state index in [0.29, 0.717) is 28.0 Å². The molecule has 0 aliphatic rings. The van der Waals surface area contributed by atoms with Crippen LogP contribution in [-0.2, 0) is 0 Å². The van der Waals surface area contributed by atoms with E-state index in [1.54, 1.807) is 24.5 Å². The number of benzene rings is 2. The number of aromatic nitrogens is 4. The van der Waals surface area contributed by atoms with Crippen molar-refractivity contribution in [2.45, 2.75) is 13.8 Å². The molecule has 0 aliphatic carbocycles. The van der Waals surface area contributed by atoms with E-state index in [-0.39, 0.29) is 0 Å². The summed E-state index contributed by atoms with van der Waals surface area (Å²) in [6.07, 6.45) is 3.24. The van der Waals surface area contributed by atoms with Crippen molar-refractivity contribution in [2.24, 2.45) is 0 Å². The maximum Gasteiger partial charge on any atom is 0.231 e. The third kappa shape index (κ3) is 3.80. The summed E-state index contributed by atoms with van der Waals surface area (Å²) >= 11 is 5.95. The summed E-state index contributed by atoms with van der Waals surface area (Å²) in [5.74, 6) is 1.02. The minimum atomic E-state index is 0.428. The summed E-state index contributed by atoms with van der Waals surface area (Å²) in [6, 6.07) is 13.5. The summed E-state index contributed by atoms with van der Waals surface area (Å²) in [7, 11) is 0. The third-order valence-corrected chi connectivity index (χ3v) is 4.32. The molecule has 27 heavy (non-hydrogen) atoms. The lowest BCUT2D eigenvalue weighted by Crippen LogP contribution is -2.04. The van der Waals surface area contributed by atoms with Gasteiger partial charge in [-0.2, -0.15) is 9.97 Å². The SMILES string of the molecule is Cc1ccc(Nc2nc(Nc3ccc(Cl)cc3)nc3nccnc23)c(C)c1. The Morgan fingerprint density at radius 1 is 0.852 bits per heavy atom. The Morgan fingerprint density at radius 3 is 2.41 bits per heavy atom. The van der Waals surface area contributed by atoms with E-state index in [4.69, 9.17) is 11.6 Å². The molecule has 2 aromatic heterocycles. The fraction of sp³-hybridized carbons (Fsp3) is 0.100. The highest BCUT2D eigenvalue weighted by molar-refractivity contribution is 6.30. The summed E-state index contributed by atoms with van der Waals surface area (Å²) in [4.78, 5) is 17.8. The largest absolute Gasteiger partial charge is 0.338 e. The second kappa shape index (κ2) is 7.17. The van der Waals surface area contributed by atoms with Gasteiger partial charge in [-0.1, -0.05) is 29.3 Å². The second-order valence-corrected chi connectivity index (χ2v) is 6.64. The summed E-state index contributed by atoms with van der Waals surface area (Å²) < 4.78 is 0. The average Bonchev–Trinajstić information content (AvgIpc) is 2.66. The maximum absolute atomic E-state index is 5.95. The molecule has 0 amide bonds. The number of hydrogen-bond donors (Lipinski definition) is 2. The number of halogens is 1. The molecule has 0 saturated carbocycles. The maximum atomic E-state index is 5.95. The molecule has 0 unspecified atom stereocenters. The topological polar surface area (TPSA) is 75.6 Å². The van der Waals surface area contributed by atoms with Crippen LogP contribution in [0.4, 0.5) is 23.1 Å². The molecule has 6 nitrogen and oxygen atoms in total. The van der Waals surface area contributed by atoms with Gasteiger partial charge in [-0.15, -0.1) is 0 Å². The summed E-state index contributed by atoms with van der Waals surface area (Å²) in [6.45, 7) is 4.12. The predicted molar refractivity (Wildman–Crippen MR) is 109 cm³/mol. The van der Waals surface area contributed by atoms with Crippen molar-refractivity contribution in [3.8, 4) is 0 Å². The first-order valence-electron chi connectivity index (χ1n) is 8.44. The zero-order valence-electron chi connectivity index (χ0n) is 14.9. The van der Waals surface area contributed by atoms with E-state index in [2.05, 4.69) is 56.5 Å². The zero-order chi connectivity index (χ0) is 18.8. The number of fused-ring (bicyclic) bond motifs is 1. The van der Waals surface area contributed by atoms with Crippen LogP contribution >= 0.6 is 11.6 Å². The van der Waals surface area contributed by atoms with Crippen molar-refractivity contribution in [3.63, 3.8) is 0 Å². The van der Waals surface area contributed by atoms with Gasteiger partial charge in [-0.05, 0) is 49.7 Å². The zero-order valence-corrected chi connectivity index (χ0v) is 15.6. The van der Waals surface area contributed by atoms with Gasteiger partial charge in [0.1, 0.15) is 0 Å². The molecule has 0 saturated heterocycles. The Balaban J connectivity index is 1.75. The van der Waals surface area contributed by atoms with Crippen molar-refractivity contribution in [1.82, 2.24) is 19.9 Å². The van der Waals surface area contributed by atoms with Crippen molar-refractivity contribution < 1.29 is 0 Å². The van der Waals surface area contributed by atoms with Crippen LogP contribution in [0.3, 0.4) is 0 Å². The molecule has 7 heteroatoms. The third-order valence-electron chi connectivity index (χ3n) is 4.07. The number of nitrogens with one attached hydrogen (secondary N) is 2. The number of rotatable bonds is 4. The molecular formula is C20H17ClN6. The van der Waals surface area contributed by atoms with Gasteiger partial charge < -0.3 is 10.6 Å². The second-order valence-electron chi connectivity index (χ2n) is 6.20. The average molecular weight is 377 g/mol. The molecule has 2 heterocycles. The quantitative estimate of drug-likeness (QED) is 0.511. The molecule has 0 radical (unpaired) electrons. The monoisotopic (exact) mass is 376 g/mol. The van der Waals surface area contributed by atoms with Gasteiger partial charge in [0.2, 0.25) is 5.95 Å². The summed E-state index contributed by atoms with van der Waals surface area (Å²) in [5.41, 5.74) is 5.24. The van der Waals surface area contributed by atoms with Gasteiger partial charge >= 0.3 is 0 Å². The van der Waals surface area contributed by atoms with Crippen LogP contribution in [0, 0.1) is 13.8 Å². The molecule has 0 fully saturated rings. The van der Waals surface area contributed by atoms with E-state index in [1.807, 2.05) is 18.2 Å². The Morgan fingerprint density at radius 2 is 1.63 bits per heavy atom. The van der Waals surface area contributed by atoms with Crippen molar-refractivity contribution in [2.75, 3.05) is 10.6 Å². The van der Waals surface area contributed by atoms with Crippen LogP contribution in [0.25, 0.3) is 11.2 Å². The Bertz CT molecular complexity index is 1110. The van der Waals surface area contributed by atoms with Crippen LogP contribution < -0.4 is 10.6 Å². The molecule has 0 atom stereocenters.